The lowest BCUT2D eigenvalue weighted by molar-refractivity contribution is -0.134. The van der Waals surface area contributed by atoms with Crippen LogP contribution in [0.2, 0.25) is 0 Å². The van der Waals surface area contributed by atoms with Crippen molar-refractivity contribution < 1.29 is 22.8 Å². The summed E-state index contributed by atoms with van der Waals surface area (Å²) in [6.45, 7) is 0. The molecule has 0 bridgehead atoms. The number of hydrogen-bond donors (Lipinski definition) is 1. The Balaban J connectivity index is 1.83. The van der Waals surface area contributed by atoms with E-state index in [1.54, 1.807) is 0 Å². The zero-order valence-corrected chi connectivity index (χ0v) is 10.5. The Kier molecular flexibility index (Phi) is 4.44. The van der Waals surface area contributed by atoms with Gasteiger partial charge in [0.2, 0.25) is 5.89 Å². The normalized spacial score (nSPS) is 18.9. The molecule has 1 aliphatic carbocycles. The average molecular weight is 278 g/mol. The molecule has 1 aliphatic rings. The lowest BCUT2D eigenvalue weighted by atomic mass is 9.98. The third kappa shape index (κ3) is 4.49. The highest BCUT2D eigenvalue weighted by Gasteiger charge is 2.28. The molecule has 1 aromatic heterocycles. The van der Waals surface area contributed by atoms with E-state index in [9.17, 15) is 18.3 Å². The van der Waals surface area contributed by atoms with E-state index in [1.165, 1.54) is 0 Å². The van der Waals surface area contributed by atoms with Crippen LogP contribution in [-0.2, 0) is 12.8 Å². The summed E-state index contributed by atoms with van der Waals surface area (Å²) in [5.41, 5.74) is 0. The van der Waals surface area contributed by atoms with Crippen molar-refractivity contribution in [3.05, 3.63) is 11.7 Å². The molecule has 1 saturated carbocycles. The third-order valence-electron chi connectivity index (χ3n) is 3.47. The topological polar surface area (TPSA) is 59.2 Å². The molecule has 0 amide bonds. The molecule has 0 spiro atoms. The van der Waals surface area contributed by atoms with E-state index in [4.69, 9.17) is 4.52 Å². The summed E-state index contributed by atoms with van der Waals surface area (Å²) in [7, 11) is 0. The van der Waals surface area contributed by atoms with E-state index in [0.717, 1.165) is 25.7 Å². The van der Waals surface area contributed by atoms with Gasteiger partial charge in [0, 0.05) is 6.42 Å². The Bertz CT molecular complexity index is 400. The second-order valence-electron chi connectivity index (χ2n) is 5.04. The molecule has 1 aromatic rings. The molecule has 2 rings (SSSR count). The molecular weight excluding hydrogens is 261 g/mol. The van der Waals surface area contributed by atoms with Gasteiger partial charge in [-0.2, -0.15) is 18.2 Å². The molecule has 1 heterocycles. The predicted molar refractivity (Wildman–Crippen MR) is 60.3 cm³/mol. The molecule has 0 saturated heterocycles. The standard InChI is InChI=1S/C12H17F3N2O2/c13-12(14,15)6-5-10-16-11(19-17-10)7-9(18)8-3-1-2-4-8/h8-9,18H,1-7H2. The van der Waals surface area contributed by atoms with E-state index in [-0.39, 0.29) is 30.5 Å². The lowest BCUT2D eigenvalue weighted by Gasteiger charge is -2.14. The monoisotopic (exact) mass is 278 g/mol. The smallest absolute Gasteiger partial charge is 0.389 e. The number of nitrogens with zero attached hydrogens (tertiary/aromatic N) is 2. The average Bonchev–Trinajstić information content (AvgIpc) is 2.96. The van der Waals surface area contributed by atoms with Gasteiger partial charge in [-0.3, -0.25) is 0 Å². The molecule has 7 heteroatoms. The van der Waals surface area contributed by atoms with Crippen molar-refractivity contribution in [2.45, 2.75) is 57.2 Å². The van der Waals surface area contributed by atoms with Crippen molar-refractivity contribution in [1.29, 1.82) is 0 Å². The zero-order valence-electron chi connectivity index (χ0n) is 10.5. The Morgan fingerprint density at radius 1 is 1.32 bits per heavy atom. The number of aliphatic hydroxyl groups excluding tert-OH is 1. The summed E-state index contributed by atoms with van der Waals surface area (Å²) in [5, 5.41) is 13.5. The van der Waals surface area contributed by atoms with Gasteiger partial charge in [0.25, 0.3) is 0 Å². The van der Waals surface area contributed by atoms with Crippen molar-refractivity contribution in [2.75, 3.05) is 0 Å². The van der Waals surface area contributed by atoms with Crippen LogP contribution in [0.4, 0.5) is 13.2 Å². The number of hydrogen-bond acceptors (Lipinski definition) is 4. The van der Waals surface area contributed by atoms with E-state index in [2.05, 4.69) is 10.1 Å². The maximum Gasteiger partial charge on any atom is 0.389 e. The summed E-state index contributed by atoms with van der Waals surface area (Å²) >= 11 is 0. The number of alkyl halides is 3. The first kappa shape index (κ1) is 14.3. The van der Waals surface area contributed by atoms with E-state index < -0.39 is 18.7 Å². The van der Waals surface area contributed by atoms with Crippen molar-refractivity contribution in [2.24, 2.45) is 5.92 Å². The quantitative estimate of drug-likeness (QED) is 0.899. The fourth-order valence-corrected chi connectivity index (χ4v) is 2.42. The molecular formula is C12H17F3N2O2. The molecule has 1 fully saturated rings. The summed E-state index contributed by atoms with van der Waals surface area (Å²) in [6, 6.07) is 0. The van der Waals surface area contributed by atoms with Gasteiger partial charge in [0.15, 0.2) is 5.82 Å². The predicted octanol–water partition coefficient (Wildman–Crippen LogP) is 2.66. The minimum atomic E-state index is -4.22. The van der Waals surface area contributed by atoms with Crippen LogP contribution in [-0.4, -0.2) is 27.5 Å². The molecule has 0 radical (unpaired) electrons. The number of halogens is 3. The van der Waals surface area contributed by atoms with E-state index >= 15 is 0 Å². The highest BCUT2D eigenvalue weighted by molar-refractivity contribution is 4.90. The molecule has 1 N–H and O–H groups in total. The largest absolute Gasteiger partial charge is 0.392 e. The van der Waals surface area contributed by atoms with Gasteiger partial charge in [-0.05, 0) is 18.8 Å². The number of aryl methyl sites for hydroxylation is 1. The van der Waals surface area contributed by atoms with Crippen LogP contribution in [0.3, 0.4) is 0 Å². The Morgan fingerprint density at radius 3 is 2.63 bits per heavy atom. The summed E-state index contributed by atoms with van der Waals surface area (Å²) in [6.07, 6.45) is -1.59. The molecule has 108 valence electrons. The first-order valence-electron chi connectivity index (χ1n) is 6.50. The molecule has 0 aliphatic heterocycles. The summed E-state index contributed by atoms with van der Waals surface area (Å²) < 4.78 is 41.0. The first-order valence-corrected chi connectivity index (χ1v) is 6.50. The van der Waals surface area contributed by atoms with Gasteiger partial charge in [-0.15, -0.1) is 0 Å². The number of aliphatic hydroxyl groups is 1. The van der Waals surface area contributed by atoms with Crippen LogP contribution in [0.25, 0.3) is 0 Å². The minimum absolute atomic E-state index is 0.0472. The van der Waals surface area contributed by atoms with Crippen LogP contribution in [0.15, 0.2) is 4.52 Å². The molecule has 4 nitrogen and oxygen atoms in total. The second-order valence-corrected chi connectivity index (χ2v) is 5.04. The highest BCUT2D eigenvalue weighted by atomic mass is 19.4. The lowest BCUT2D eigenvalue weighted by Crippen LogP contribution is -2.20. The maximum absolute atomic E-state index is 12.0. The maximum atomic E-state index is 12.0. The van der Waals surface area contributed by atoms with Gasteiger partial charge in [0.05, 0.1) is 18.9 Å². The fraction of sp³-hybridized carbons (Fsp3) is 0.833. The van der Waals surface area contributed by atoms with Gasteiger partial charge in [-0.1, -0.05) is 18.0 Å². The zero-order chi connectivity index (χ0) is 13.9. The first-order chi connectivity index (χ1) is 8.94. The SMILES string of the molecule is OC(Cc1nc(CCC(F)(F)F)no1)C1CCCC1. The van der Waals surface area contributed by atoms with Crippen LogP contribution >= 0.6 is 0 Å². The molecule has 1 unspecified atom stereocenters. The number of aromatic nitrogens is 2. The van der Waals surface area contributed by atoms with Crippen molar-refractivity contribution >= 4 is 0 Å². The van der Waals surface area contributed by atoms with Gasteiger partial charge in [0.1, 0.15) is 0 Å². The van der Waals surface area contributed by atoms with Crippen LogP contribution in [0, 0.1) is 5.92 Å². The van der Waals surface area contributed by atoms with Crippen LogP contribution in [0.5, 0.6) is 0 Å². The Morgan fingerprint density at radius 2 is 2.00 bits per heavy atom. The molecule has 19 heavy (non-hydrogen) atoms. The van der Waals surface area contributed by atoms with Crippen LogP contribution in [0.1, 0.15) is 43.8 Å². The summed E-state index contributed by atoms with van der Waals surface area (Å²) in [5.74, 6) is 0.507. The van der Waals surface area contributed by atoms with E-state index in [1.807, 2.05) is 0 Å². The summed E-state index contributed by atoms with van der Waals surface area (Å²) in [4.78, 5) is 3.89. The van der Waals surface area contributed by atoms with E-state index in [0.29, 0.717) is 0 Å². The third-order valence-corrected chi connectivity index (χ3v) is 3.47. The van der Waals surface area contributed by atoms with Gasteiger partial charge in [-0.25, -0.2) is 0 Å². The fourth-order valence-electron chi connectivity index (χ4n) is 2.42. The second kappa shape index (κ2) is 5.90. The number of rotatable bonds is 5. The molecule has 1 atom stereocenters. The minimum Gasteiger partial charge on any atom is -0.392 e. The Labute approximate surface area is 109 Å². The van der Waals surface area contributed by atoms with Gasteiger partial charge < -0.3 is 9.63 Å². The molecule has 0 aromatic carbocycles. The van der Waals surface area contributed by atoms with Crippen LogP contribution < -0.4 is 0 Å². The Hall–Kier alpha value is -1.11. The van der Waals surface area contributed by atoms with Crippen molar-refractivity contribution in [1.82, 2.24) is 10.1 Å². The highest BCUT2D eigenvalue weighted by Crippen LogP contribution is 2.29. The van der Waals surface area contributed by atoms with Crippen molar-refractivity contribution in [3.63, 3.8) is 0 Å². The van der Waals surface area contributed by atoms with Crippen molar-refractivity contribution in [3.8, 4) is 0 Å². The van der Waals surface area contributed by atoms with Gasteiger partial charge >= 0.3 is 6.18 Å².